The van der Waals surface area contributed by atoms with Gasteiger partial charge in [0.2, 0.25) is 0 Å². The van der Waals surface area contributed by atoms with Gasteiger partial charge in [0.1, 0.15) is 5.54 Å². The van der Waals surface area contributed by atoms with Gasteiger partial charge in [-0.3, -0.25) is 4.90 Å². The van der Waals surface area contributed by atoms with E-state index in [1.807, 2.05) is 0 Å². The Bertz CT molecular complexity index is 343. The van der Waals surface area contributed by atoms with Crippen LogP contribution in [0.2, 0.25) is 0 Å². The zero-order valence-corrected chi connectivity index (χ0v) is 11.0. The van der Waals surface area contributed by atoms with E-state index in [-0.39, 0.29) is 5.84 Å². The number of nitrogens with zero attached hydrogens (tertiary/aromatic N) is 2. The molecular formula is C11H21N3O4. The van der Waals surface area contributed by atoms with Crippen molar-refractivity contribution in [3.63, 3.8) is 0 Å². The lowest BCUT2D eigenvalue weighted by Gasteiger charge is -2.49. The van der Waals surface area contributed by atoms with Gasteiger partial charge in [0, 0.05) is 31.6 Å². The zero-order valence-electron chi connectivity index (χ0n) is 11.0. The van der Waals surface area contributed by atoms with Crippen LogP contribution in [-0.2, 0) is 4.74 Å². The van der Waals surface area contributed by atoms with E-state index in [9.17, 15) is 9.90 Å². The van der Waals surface area contributed by atoms with Gasteiger partial charge in [-0.05, 0) is 20.8 Å². The first-order chi connectivity index (χ1) is 8.25. The third-order valence-corrected chi connectivity index (χ3v) is 3.19. The van der Waals surface area contributed by atoms with Crippen LogP contribution in [0, 0.1) is 0 Å². The van der Waals surface area contributed by atoms with Gasteiger partial charge in [-0.15, -0.1) is 0 Å². The van der Waals surface area contributed by atoms with E-state index >= 15 is 0 Å². The van der Waals surface area contributed by atoms with Crippen molar-refractivity contribution in [2.24, 2.45) is 10.9 Å². The second-order valence-corrected chi connectivity index (χ2v) is 5.42. The molecular weight excluding hydrogens is 238 g/mol. The van der Waals surface area contributed by atoms with Crippen LogP contribution >= 0.6 is 0 Å². The molecule has 0 aromatic rings. The van der Waals surface area contributed by atoms with E-state index in [2.05, 4.69) is 5.16 Å². The highest BCUT2D eigenvalue weighted by Crippen LogP contribution is 2.34. The summed E-state index contributed by atoms with van der Waals surface area (Å²) in [6, 6.07) is 0. The Balaban J connectivity index is 3.27. The number of hydrogen-bond acceptors (Lipinski definition) is 4. The predicted octanol–water partition coefficient (Wildman–Crippen LogP) is 1.06. The molecule has 1 heterocycles. The molecule has 0 atom stereocenters. The van der Waals surface area contributed by atoms with Crippen molar-refractivity contribution in [3.8, 4) is 0 Å². The molecule has 104 valence electrons. The number of oxime groups is 1. The molecule has 4 N–H and O–H groups in total. The van der Waals surface area contributed by atoms with Crippen LogP contribution in [-0.4, -0.2) is 51.4 Å². The lowest BCUT2D eigenvalue weighted by molar-refractivity contribution is -0.0218. The van der Waals surface area contributed by atoms with Crippen LogP contribution in [0.4, 0.5) is 4.79 Å². The van der Waals surface area contributed by atoms with Crippen LogP contribution in [0.25, 0.3) is 0 Å². The predicted molar refractivity (Wildman–Crippen MR) is 65.8 cm³/mol. The van der Waals surface area contributed by atoms with Crippen molar-refractivity contribution in [1.29, 1.82) is 0 Å². The van der Waals surface area contributed by atoms with Crippen molar-refractivity contribution in [2.45, 2.75) is 44.7 Å². The second-order valence-electron chi connectivity index (χ2n) is 5.42. The molecule has 7 nitrogen and oxygen atoms in total. The Labute approximate surface area is 106 Å². The summed E-state index contributed by atoms with van der Waals surface area (Å²) in [5.74, 6) is -0.0804. The van der Waals surface area contributed by atoms with E-state index in [1.54, 1.807) is 20.8 Å². The molecule has 0 aromatic heterocycles. The zero-order chi connectivity index (χ0) is 14.0. The Morgan fingerprint density at radius 3 is 2.22 bits per heavy atom. The molecule has 0 unspecified atom stereocenters. The highest BCUT2D eigenvalue weighted by atomic mass is 16.5. The largest absolute Gasteiger partial charge is 0.465 e. The van der Waals surface area contributed by atoms with Gasteiger partial charge in [0.25, 0.3) is 0 Å². The highest BCUT2D eigenvalue weighted by molar-refractivity contribution is 5.92. The lowest BCUT2D eigenvalue weighted by Crippen LogP contribution is -2.67. The maximum Gasteiger partial charge on any atom is 0.408 e. The number of nitrogens with two attached hydrogens (primary N) is 1. The number of amidine groups is 1. The molecule has 18 heavy (non-hydrogen) atoms. The molecule has 7 heteroatoms. The van der Waals surface area contributed by atoms with Crippen molar-refractivity contribution < 1.29 is 19.8 Å². The summed E-state index contributed by atoms with van der Waals surface area (Å²) in [4.78, 5) is 12.8. The quantitative estimate of drug-likeness (QED) is 0.297. The van der Waals surface area contributed by atoms with Crippen molar-refractivity contribution in [1.82, 2.24) is 4.90 Å². The third kappa shape index (κ3) is 2.50. The Morgan fingerprint density at radius 2 is 1.89 bits per heavy atom. The maximum absolute atomic E-state index is 11.6. The van der Waals surface area contributed by atoms with E-state index in [0.717, 1.165) is 0 Å². The summed E-state index contributed by atoms with van der Waals surface area (Å²) < 4.78 is 5.25. The van der Waals surface area contributed by atoms with Gasteiger partial charge in [0.15, 0.2) is 5.84 Å². The summed E-state index contributed by atoms with van der Waals surface area (Å²) in [5.41, 5.74) is 4.10. The Hall–Kier alpha value is -1.50. The van der Waals surface area contributed by atoms with Crippen LogP contribution in [0.5, 0.6) is 0 Å². The molecule has 0 aromatic carbocycles. The molecule has 0 spiro atoms. The Morgan fingerprint density at radius 1 is 1.39 bits per heavy atom. The first kappa shape index (κ1) is 14.6. The summed E-state index contributed by atoms with van der Waals surface area (Å²) in [6.45, 7) is 6.11. The maximum atomic E-state index is 11.6. The fraction of sp³-hybridized carbons (Fsp3) is 0.818. The average molecular weight is 259 g/mol. The minimum absolute atomic E-state index is 0.0804. The summed E-state index contributed by atoms with van der Waals surface area (Å²) in [5, 5.41) is 21.4. The SMILES string of the molecule is CC(C)(C)N(C(=O)O)C1(C(N)=NO)CCOCC1. The molecule has 1 fully saturated rings. The minimum atomic E-state index is -1.09. The molecule has 1 aliphatic rings. The van der Waals surface area contributed by atoms with E-state index in [4.69, 9.17) is 15.7 Å². The first-order valence-electron chi connectivity index (χ1n) is 5.85. The molecule has 1 aliphatic heterocycles. The molecule has 1 amide bonds. The van der Waals surface area contributed by atoms with Crippen LogP contribution in [0.15, 0.2) is 5.16 Å². The number of ether oxygens (including phenoxy) is 1. The van der Waals surface area contributed by atoms with Crippen molar-refractivity contribution >= 4 is 11.9 Å². The molecule has 1 saturated heterocycles. The van der Waals surface area contributed by atoms with Crippen LogP contribution in [0.1, 0.15) is 33.6 Å². The second kappa shape index (κ2) is 5.01. The van der Waals surface area contributed by atoms with Crippen LogP contribution < -0.4 is 5.73 Å². The molecule has 0 saturated carbocycles. The fourth-order valence-electron chi connectivity index (χ4n) is 2.51. The van der Waals surface area contributed by atoms with E-state index in [1.165, 1.54) is 4.90 Å². The van der Waals surface area contributed by atoms with E-state index in [0.29, 0.717) is 26.1 Å². The van der Waals surface area contributed by atoms with Crippen molar-refractivity contribution in [3.05, 3.63) is 0 Å². The molecule has 0 radical (unpaired) electrons. The van der Waals surface area contributed by atoms with Gasteiger partial charge in [0.05, 0.1) is 0 Å². The van der Waals surface area contributed by atoms with Gasteiger partial charge in [-0.25, -0.2) is 4.79 Å². The first-order valence-corrected chi connectivity index (χ1v) is 5.85. The van der Waals surface area contributed by atoms with E-state index < -0.39 is 17.2 Å². The molecule has 0 aliphatic carbocycles. The minimum Gasteiger partial charge on any atom is -0.465 e. The van der Waals surface area contributed by atoms with Gasteiger partial charge in [-0.1, -0.05) is 5.16 Å². The Kier molecular flexibility index (Phi) is 4.05. The molecule has 0 bridgehead atoms. The smallest absolute Gasteiger partial charge is 0.408 e. The summed E-state index contributed by atoms with van der Waals surface area (Å²) in [7, 11) is 0. The van der Waals surface area contributed by atoms with Gasteiger partial charge >= 0.3 is 6.09 Å². The molecule has 1 rings (SSSR count). The fourth-order valence-corrected chi connectivity index (χ4v) is 2.51. The van der Waals surface area contributed by atoms with Gasteiger partial charge in [-0.2, -0.15) is 0 Å². The summed E-state index contributed by atoms with van der Waals surface area (Å²) >= 11 is 0. The van der Waals surface area contributed by atoms with Gasteiger partial charge < -0.3 is 20.8 Å². The standard InChI is InChI=1S/C11H21N3O4/c1-10(2,3)14(9(15)16)11(8(12)13-17)4-6-18-7-5-11/h17H,4-7H2,1-3H3,(H2,12,13)(H,15,16). The number of hydrogen-bond donors (Lipinski definition) is 3. The number of amides is 1. The third-order valence-electron chi connectivity index (χ3n) is 3.19. The normalized spacial score (nSPS) is 20.5. The number of carbonyl (C=O) groups is 1. The topological polar surface area (TPSA) is 108 Å². The van der Waals surface area contributed by atoms with Crippen LogP contribution in [0.3, 0.4) is 0 Å². The highest BCUT2D eigenvalue weighted by Gasteiger charge is 2.49. The monoisotopic (exact) mass is 259 g/mol. The number of rotatable bonds is 2. The average Bonchev–Trinajstić information content (AvgIpc) is 2.26. The van der Waals surface area contributed by atoms with Crippen molar-refractivity contribution in [2.75, 3.05) is 13.2 Å². The number of carboxylic acid groups (broad SMARTS) is 1. The lowest BCUT2D eigenvalue weighted by atomic mass is 9.83. The summed E-state index contributed by atoms with van der Waals surface area (Å²) in [6.07, 6.45) is -0.324.